The van der Waals surface area contributed by atoms with Crippen LogP contribution in [-0.4, -0.2) is 20.2 Å². The summed E-state index contributed by atoms with van der Waals surface area (Å²) in [5.41, 5.74) is 5.58. The van der Waals surface area contributed by atoms with Gasteiger partial charge in [0.05, 0.1) is 5.69 Å². The molecular weight excluding hydrogens is 312 g/mol. The van der Waals surface area contributed by atoms with Crippen LogP contribution >= 0.6 is 0 Å². The Balaban J connectivity index is 1.67. The van der Waals surface area contributed by atoms with Crippen molar-refractivity contribution < 1.29 is 0 Å². The van der Waals surface area contributed by atoms with E-state index in [1.54, 1.807) is 0 Å². The molecule has 6 heteroatoms. The van der Waals surface area contributed by atoms with Crippen molar-refractivity contribution in [3.63, 3.8) is 0 Å². The molecule has 128 valence electrons. The lowest BCUT2D eigenvalue weighted by Crippen LogP contribution is -2.13. The van der Waals surface area contributed by atoms with Crippen LogP contribution in [0, 0.1) is 13.8 Å². The highest BCUT2D eigenvalue weighted by atomic mass is 15.2. The van der Waals surface area contributed by atoms with Crippen LogP contribution in [0.5, 0.6) is 0 Å². The van der Waals surface area contributed by atoms with Gasteiger partial charge in [0.15, 0.2) is 5.82 Å². The molecule has 0 aliphatic heterocycles. The Labute approximate surface area is 147 Å². The molecule has 0 radical (unpaired) electrons. The van der Waals surface area contributed by atoms with E-state index in [0.29, 0.717) is 5.95 Å². The van der Waals surface area contributed by atoms with Gasteiger partial charge < -0.3 is 10.6 Å². The van der Waals surface area contributed by atoms with E-state index < -0.39 is 0 Å². The fourth-order valence-electron chi connectivity index (χ4n) is 3.12. The third-order valence-corrected chi connectivity index (χ3v) is 4.44. The van der Waals surface area contributed by atoms with E-state index in [-0.39, 0.29) is 0 Å². The molecule has 25 heavy (non-hydrogen) atoms. The predicted molar refractivity (Wildman–Crippen MR) is 99.7 cm³/mol. The molecule has 6 nitrogen and oxygen atoms in total. The summed E-state index contributed by atoms with van der Waals surface area (Å²) in [5, 5.41) is 13.9. The van der Waals surface area contributed by atoms with E-state index in [2.05, 4.69) is 39.9 Å². The summed E-state index contributed by atoms with van der Waals surface area (Å²) in [6.45, 7) is 4.06. The molecule has 0 saturated heterocycles. The molecule has 1 aromatic carbocycles. The topological polar surface area (TPSA) is 78.5 Å². The SMILES string of the molecule is Cc1ccc(Nc2nc3c(c(Nc4cc(C)[nH]n4)n2)CCCC3)cc1. The first kappa shape index (κ1) is 15.6. The summed E-state index contributed by atoms with van der Waals surface area (Å²) in [4.78, 5) is 9.47. The molecular formula is C19H22N6. The lowest BCUT2D eigenvalue weighted by molar-refractivity contribution is 0.665. The molecule has 0 amide bonds. The second kappa shape index (κ2) is 6.55. The first-order valence-corrected chi connectivity index (χ1v) is 8.70. The number of anilines is 4. The Bertz CT molecular complexity index is 881. The second-order valence-electron chi connectivity index (χ2n) is 6.58. The average molecular weight is 334 g/mol. The van der Waals surface area contributed by atoms with Crippen LogP contribution in [0.2, 0.25) is 0 Å². The number of hydrogen-bond donors (Lipinski definition) is 3. The van der Waals surface area contributed by atoms with E-state index in [4.69, 9.17) is 9.97 Å². The fourth-order valence-corrected chi connectivity index (χ4v) is 3.12. The molecule has 1 aliphatic rings. The minimum absolute atomic E-state index is 0.624. The van der Waals surface area contributed by atoms with Gasteiger partial charge in [0, 0.05) is 23.0 Å². The zero-order chi connectivity index (χ0) is 17.2. The average Bonchev–Trinajstić information content (AvgIpc) is 3.02. The number of aryl methyl sites for hydroxylation is 3. The van der Waals surface area contributed by atoms with Crippen molar-refractivity contribution in [3.8, 4) is 0 Å². The minimum Gasteiger partial charge on any atom is -0.324 e. The summed E-state index contributed by atoms with van der Waals surface area (Å²) >= 11 is 0. The van der Waals surface area contributed by atoms with E-state index in [1.807, 2.05) is 25.1 Å². The first-order valence-electron chi connectivity index (χ1n) is 8.70. The smallest absolute Gasteiger partial charge is 0.229 e. The monoisotopic (exact) mass is 334 g/mol. The Kier molecular flexibility index (Phi) is 4.09. The van der Waals surface area contributed by atoms with Gasteiger partial charge in [-0.05, 0) is 51.7 Å². The number of benzene rings is 1. The van der Waals surface area contributed by atoms with Gasteiger partial charge in [0.2, 0.25) is 5.95 Å². The molecule has 0 unspecified atom stereocenters. The van der Waals surface area contributed by atoms with Gasteiger partial charge in [0.25, 0.3) is 0 Å². The van der Waals surface area contributed by atoms with Crippen molar-refractivity contribution in [1.82, 2.24) is 20.2 Å². The van der Waals surface area contributed by atoms with Crippen LogP contribution in [0.15, 0.2) is 30.3 Å². The van der Waals surface area contributed by atoms with Gasteiger partial charge in [-0.15, -0.1) is 0 Å². The van der Waals surface area contributed by atoms with E-state index in [0.717, 1.165) is 41.6 Å². The van der Waals surface area contributed by atoms with Gasteiger partial charge in [-0.3, -0.25) is 5.10 Å². The third kappa shape index (κ3) is 3.47. The van der Waals surface area contributed by atoms with Gasteiger partial charge >= 0.3 is 0 Å². The maximum absolute atomic E-state index is 4.75. The number of aromatic amines is 1. The summed E-state index contributed by atoms with van der Waals surface area (Å²) < 4.78 is 0. The zero-order valence-corrected chi connectivity index (χ0v) is 14.6. The molecule has 1 aliphatic carbocycles. The predicted octanol–water partition coefficient (Wildman–Crippen LogP) is 4.18. The Morgan fingerprint density at radius 1 is 0.960 bits per heavy atom. The fraction of sp³-hybridized carbons (Fsp3) is 0.316. The molecule has 3 aromatic rings. The number of fused-ring (bicyclic) bond motifs is 1. The van der Waals surface area contributed by atoms with E-state index in [9.17, 15) is 0 Å². The van der Waals surface area contributed by atoms with Gasteiger partial charge in [-0.2, -0.15) is 10.1 Å². The zero-order valence-electron chi connectivity index (χ0n) is 14.6. The standard InChI is InChI=1S/C19H22N6/c1-12-7-9-14(10-8-12)20-19-21-16-6-4-3-5-15(16)18(23-19)22-17-11-13(2)24-25-17/h7-11H,3-6H2,1-2H3,(H3,20,21,22,23,24,25). The van der Waals surface area contributed by atoms with Crippen molar-refractivity contribution >= 4 is 23.3 Å². The Morgan fingerprint density at radius 3 is 2.52 bits per heavy atom. The van der Waals surface area contributed by atoms with Crippen LogP contribution in [-0.2, 0) is 12.8 Å². The molecule has 2 heterocycles. The van der Waals surface area contributed by atoms with Crippen LogP contribution in [0.25, 0.3) is 0 Å². The van der Waals surface area contributed by atoms with Crippen LogP contribution < -0.4 is 10.6 Å². The second-order valence-corrected chi connectivity index (χ2v) is 6.58. The highest BCUT2D eigenvalue weighted by molar-refractivity contribution is 5.62. The van der Waals surface area contributed by atoms with Crippen molar-refractivity contribution in [2.45, 2.75) is 39.5 Å². The number of rotatable bonds is 4. The van der Waals surface area contributed by atoms with Gasteiger partial charge in [-0.1, -0.05) is 17.7 Å². The van der Waals surface area contributed by atoms with Crippen LogP contribution in [0.4, 0.5) is 23.3 Å². The van der Waals surface area contributed by atoms with Crippen molar-refractivity contribution in [2.75, 3.05) is 10.6 Å². The highest BCUT2D eigenvalue weighted by Crippen LogP contribution is 2.29. The molecule has 4 rings (SSSR count). The summed E-state index contributed by atoms with van der Waals surface area (Å²) in [7, 11) is 0. The van der Waals surface area contributed by atoms with Crippen molar-refractivity contribution in [3.05, 3.63) is 52.8 Å². The molecule has 0 fully saturated rings. The van der Waals surface area contributed by atoms with Crippen LogP contribution in [0.3, 0.4) is 0 Å². The lowest BCUT2D eigenvalue weighted by Gasteiger charge is -2.19. The summed E-state index contributed by atoms with van der Waals surface area (Å²) in [6, 6.07) is 10.2. The van der Waals surface area contributed by atoms with Crippen LogP contribution in [0.1, 0.15) is 35.4 Å². The maximum Gasteiger partial charge on any atom is 0.229 e. The minimum atomic E-state index is 0.624. The normalized spacial score (nSPS) is 13.4. The highest BCUT2D eigenvalue weighted by Gasteiger charge is 2.18. The molecule has 2 aromatic heterocycles. The lowest BCUT2D eigenvalue weighted by atomic mass is 9.96. The largest absolute Gasteiger partial charge is 0.324 e. The quantitative estimate of drug-likeness (QED) is 0.667. The number of aromatic nitrogens is 4. The summed E-state index contributed by atoms with van der Waals surface area (Å²) in [5.74, 6) is 2.26. The molecule has 3 N–H and O–H groups in total. The Morgan fingerprint density at radius 2 is 1.76 bits per heavy atom. The number of nitrogens with zero attached hydrogens (tertiary/aromatic N) is 3. The van der Waals surface area contributed by atoms with Crippen molar-refractivity contribution in [2.24, 2.45) is 0 Å². The van der Waals surface area contributed by atoms with E-state index >= 15 is 0 Å². The molecule has 0 spiro atoms. The first-order chi connectivity index (χ1) is 12.2. The molecule has 0 saturated carbocycles. The summed E-state index contributed by atoms with van der Waals surface area (Å²) in [6.07, 6.45) is 4.35. The third-order valence-electron chi connectivity index (χ3n) is 4.44. The van der Waals surface area contributed by atoms with E-state index in [1.165, 1.54) is 24.0 Å². The molecule has 0 bridgehead atoms. The molecule has 0 atom stereocenters. The number of hydrogen-bond acceptors (Lipinski definition) is 5. The van der Waals surface area contributed by atoms with Crippen molar-refractivity contribution in [1.29, 1.82) is 0 Å². The Hall–Kier alpha value is -2.89. The van der Waals surface area contributed by atoms with Gasteiger partial charge in [-0.25, -0.2) is 4.98 Å². The number of nitrogens with one attached hydrogen (secondary N) is 3. The number of H-pyrrole nitrogens is 1. The maximum atomic E-state index is 4.75. The van der Waals surface area contributed by atoms with Gasteiger partial charge in [0.1, 0.15) is 5.82 Å².